The Labute approximate surface area is 124 Å². The third kappa shape index (κ3) is 2.27. The second-order valence-electron chi connectivity index (χ2n) is 4.51. The molecule has 0 atom stereocenters. The molecule has 3 rings (SSSR count). The minimum absolute atomic E-state index is 0.0731. The van der Waals surface area contributed by atoms with Gasteiger partial charge in [0, 0.05) is 22.1 Å². The molecule has 0 spiro atoms. The Morgan fingerprint density at radius 3 is 2.81 bits per heavy atom. The fourth-order valence-electron chi connectivity index (χ4n) is 2.16. The maximum absolute atomic E-state index is 10.9. The Balaban J connectivity index is 2.14. The molecule has 2 N–H and O–H groups in total. The van der Waals surface area contributed by atoms with Gasteiger partial charge >= 0.3 is 0 Å². The molecule has 0 amide bonds. The highest BCUT2D eigenvalue weighted by Gasteiger charge is 2.20. The summed E-state index contributed by atoms with van der Waals surface area (Å²) in [5.41, 5.74) is 7.95. The molecule has 0 unspecified atom stereocenters. The molecule has 2 aromatic heterocycles. The monoisotopic (exact) mass is 301 g/mol. The highest BCUT2D eigenvalue weighted by molar-refractivity contribution is 7.13. The second kappa shape index (κ2) is 5.02. The van der Waals surface area contributed by atoms with Crippen LogP contribution in [0, 0.1) is 17.0 Å². The van der Waals surface area contributed by atoms with Crippen molar-refractivity contribution in [2.45, 2.75) is 6.92 Å². The van der Waals surface area contributed by atoms with Gasteiger partial charge in [-0.1, -0.05) is 11.2 Å². The van der Waals surface area contributed by atoms with Crippen molar-refractivity contribution in [1.82, 2.24) is 5.16 Å². The number of nitro benzene ring substituents is 1. The van der Waals surface area contributed by atoms with Gasteiger partial charge in [0.2, 0.25) is 0 Å². The van der Waals surface area contributed by atoms with Crippen LogP contribution >= 0.6 is 11.3 Å². The molecule has 3 aromatic rings. The highest BCUT2D eigenvalue weighted by atomic mass is 32.1. The van der Waals surface area contributed by atoms with Gasteiger partial charge in [-0.05, 0) is 30.5 Å². The number of nitrogens with zero attached hydrogens (tertiary/aromatic N) is 2. The van der Waals surface area contributed by atoms with Crippen molar-refractivity contribution < 1.29 is 9.45 Å². The van der Waals surface area contributed by atoms with Gasteiger partial charge in [-0.2, -0.15) is 0 Å². The van der Waals surface area contributed by atoms with Crippen LogP contribution in [-0.2, 0) is 0 Å². The molecule has 0 aliphatic carbocycles. The van der Waals surface area contributed by atoms with Crippen molar-refractivity contribution in [3.05, 3.63) is 51.4 Å². The fraction of sp³-hybridized carbons (Fsp3) is 0.0714. The Hall–Kier alpha value is -2.67. The first-order valence-electron chi connectivity index (χ1n) is 6.12. The van der Waals surface area contributed by atoms with E-state index < -0.39 is 4.92 Å². The van der Waals surface area contributed by atoms with E-state index in [1.807, 2.05) is 17.5 Å². The van der Waals surface area contributed by atoms with Crippen LogP contribution in [0.2, 0.25) is 0 Å². The molecule has 6 nitrogen and oxygen atoms in total. The number of anilines is 1. The Bertz CT molecular complexity index is 809. The minimum atomic E-state index is -0.409. The summed E-state index contributed by atoms with van der Waals surface area (Å²) in [6.45, 7) is 1.69. The van der Waals surface area contributed by atoms with Gasteiger partial charge in [-0.15, -0.1) is 11.3 Å². The molecule has 0 aliphatic rings. The molecular formula is C14H11N3O3S. The normalized spacial score (nSPS) is 10.7. The smallest absolute Gasteiger partial charge is 0.272 e. The molecule has 0 saturated carbocycles. The van der Waals surface area contributed by atoms with Gasteiger partial charge in [0.1, 0.15) is 0 Å². The molecule has 21 heavy (non-hydrogen) atoms. The van der Waals surface area contributed by atoms with Crippen molar-refractivity contribution in [3.8, 4) is 21.8 Å². The van der Waals surface area contributed by atoms with Crippen LogP contribution in [0.3, 0.4) is 0 Å². The van der Waals surface area contributed by atoms with E-state index in [1.165, 1.54) is 17.4 Å². The minimum Gasteiger partial charge on any atom is -0.380 e. The summed E-state index contributed by atoms with van der Waals surface area (Å²) in [7, 11) is 0. The molecule has 1 aromatic carbocycles. The summed E-state index contributed by atoms with van der Waals surface area (Å²) in [6, 6.07) is 8.64. The quantitative estimate of drug-likeness (QED) is 0.585. The lowest BCUT2D eigenvalue weighted by atomic mass is 10.0. The molecule has 0 radical (unpaired) electrons. The number of nitrogens with two attached hydrogens (primary N) is 1. The van der Waals surface area contributed by atoms with E-state index in [2.05, 4.69) is 5.16 Å². The summed E-state index contributed by atoms with van der Waals surface area (Å²) < 4.78 is 5.32. The number of benzene rings is 1. The first-order chi connectivity index (χ1) is 10.1. The van der Waals surface area contributed by atoms with E-state index in [1.54, 1.807) is 19.1 Å². The standard InChI is InChI=1S/C14H11N3O3S/c1-8-7-9(4-5-10(8)17(18)19)13-12(14(15)16-20-13)11-3-2-6-21-11/h2-7H,1H3,(H2,15,16). The third-order valence-electron chi connectivity index (χ3n) is 3.14. The molecule has 106 valence electrons. The molecule has 0 aliphatic heterocycles. The Kier molecular flexibility index (Phi) is 3.19. The lowest BCUT2D eigenvalue weighted by Gasteiger charge is -2.02. The summed E-state index contributed by atoms with van der Waals surface area (Å²) in [4.78, 5) is 11.4. The third-order valence-corrected chi connectivity index (χ3v) is 4.03. The van der Waals surface area contributed by atoms with E-state index in [-0.39, 0.29) is 5.69 Å². The lowest BCUT2D eigenvalue weighted by Crippen LogP contribution is -1.92. The second-order valence-corrected chi connectivity index (χ2v) is 5.46. The van der Waals surface area contributed by atoms with Crippen LogP contribution in [0.25, 0.3) is 21.8 Å². The summed E-state index contributed by atoms with van der Waals surface area (Å²) in [5.74, 6) is 0.830. The molecule has 0 fully saturated rings. The zero-order valence-corrected chi connectivity index (χ0v) is 11.9. The largest absolute Gasteiger partial charge is 0.380 e. The van der Waals surface area contributed by atoms with Crippen molar-refractivity contribution in [2.24, 2.45) is 0 Å². The molecule has 0 bridgehead atoms. The van der Waals surface area contributed by atoms with Crippen LogP contribution in [0.15, 0.2) is 40.2 Å². The number of hydrogen-bond acceptors (Lipinski definition) is 6. The number of rotatable bonds is 3. The summed E-state index contributed by atoms with van der Waals surface area (Å²) >= 11 is 1.53. The van der Waals surface area contributed by atoms with Crippen LogP contribution in [-0.4, -0.2) is 10.1 Å². The van der Waals surface area contributed by atoms with E-state index >= 15 is 0 Å². The van der Waals surface area contributed by atoms with Gasteiger partial charge in [-0.25, -0.2) is 0 Å². The first kappa shape index (κ1) is 13.3. The highest BCUT2D eigenvalue weighted by Crippen LogP contribution is 2.39. The number of hydrogen-bond donors (Lipinski definition) is 1. The predicted octanol–water partition coefficient (Wildman–Crippen LogP) is 3.87. The van der Waals surface area contributed by atoms with Crippen molar-refractivity contribution in [3.63, 3.8) is 0 Å². The number of nitrogen functional groups attached to an aromatic ring is 1. The molecule has 0 saturated heterocycles. The molecule has 2 heterocycles. The van der Waals surface area contributed by atoms with Crippen molar-refractivity contribution in [1.29, 1.82) is 0 Å². The zero-order valence-electron chi connectivity index (χ0n) is 11.1. The number of thiophene rings is 1. The van der Waals surface area contributed by atoms with E-state index in [9.17, 15) is 10.1 Å². The van der Waals surface area contributed by atoms with E-state index in [0.717, 1.165) is 10.4 Å². The maximum Gasteiger partial charge on any atom is 0.272 e. The topological polar surface area (TPSA) is 95.2 Å². The Morgan fingerprint density at radius 2 is 2.19 bits per heavy atom. The Morgan fingerprint density at radius 1 is 1.38 bits per heavy atom. The van der Waals surface area contributed by atoms with E-state index in [0.29, 0.717) is 22.7 Å². The van der Waals surface area contributed by atoms with Gasteiger partial charge in [0.25, 0.3) is 5.69 Å². The first-order valence-corrected chi connectivity index (χ1v) is 7.00. The van der Waals surface area contributed by atoms with Gasteiger partial charge < -0.3 is 10.3 Å². The lowest BCUT2D eigenvalue weighted by molar-refractivity contribution is -0.385. The fourth-order valence-corrected chi connectivity index (χ4v) is 2.94. The van der Waals surface area contributed by atoms with Crippen molar-refractivity contribution in [2.75, 3.05) is 5.73 Å². The zero-order chi connectivity index (χ0) is 15.0. The average Bonchev–Trinajstić information content (AvgIpc) is 3.06. The van der Waals surface area contributed by atoms with Gasteiger partial charge in [0.15, 0.2) is 11.6 Å². The number of aryl methyl sites for hydroxylation is 1. The number of aromatic nitrogens is 1. The average molecular weight is 301 g/mol. The van der Waals surface area contributed by atoms with Crippen LogP contribution < -0.4 is 5.73 Å². The van der Waals surface area contributed by atoms with Crippen LogP contribution in [0.1, 0.15) is 5.56 Å². The van der Waals surface area contributed by atoms with Gasteiger partial charge in [-0.3, -0.25) is 10.1 Å². The molecule has 7 heteroatoms. The van der Waals surface area contributed by atoms with Crippen LogP contribution in [0.4, 0.5) is 11.5 Å². The predicted molar refractivity (Wildman–Crippen MR) is 81.1 cm³/mol. The summed E-state index contributed by atoms with van der Waals surface area (Å²) in [6.07, 6.45) is 0. The maximum atomic E-state index is 10.9. The SMILES string of the molecule is Cc1cc(-c2onc(N)c2-c2cccs2)ccc1[N+](=O)[O-]. The van der Waals surface area contributed by atoms with Crippen molar-refractivity contribution >= 4 is 22.8 Å². The molecular weight excluding hydrogens is 290 g/mol. The van der Waals surface area contributed by atoms with Crippen LogP contribution in [0.5, 0.6) is 0 Å². The number of nitro groups is 1. The summed E-state index contributed by atoms with van der Waals surface area (Å²) in [5, 5.41) is 16.6. The van der Waals surface area contributed by atoms with Gasteiger partial charge in [0.05, 0.1) is 10.5 Å². The van der Waals surface area contributed by atoms with E-state index in [4.69, 9.17) is 10.3 Å².